The summed E-state index contributed by atoms with van der Waals surface area (Å²) in [5, 5.41) is 3.32. The van der Waals surface area contributed by atoms with Crippen molar-refractivity contribution in [2.45, 2.75) is 18.9 Å². The number of hydrogen-bond acceptors (Lipinski definition) is 3. The van der Waals surface area contributed by atoms with Crippen molar-refractivity contribution in [2.24, 2.45) is 0 Å². The van der Waals surface area contributed by atoms with Gasteiger partial charge in [-0.2, -0.15) is 0 Å². The van der Waals surface area contributed by atoms with Gasteiger partial charge >= 0.3 is 0 Å². The molecule has 1 atom stereocenters. The minimum absolute atomic E-state index is 0.00111. The fraction of sp³-hybridized carbons (Fsp3) is 0.455. The molecule has 5 nitrogen and oxygen atoms in total. The highest BCUT2D eigenvalue weighted by atomic mass is 16.1. The van der Waals surface area contributed by atoms with E-state index in [0.29, 0.717) is 5.65 Å². The average Bonchev–Trinajstić information content (AvgIpc) is 2.80. The molecular weight excluding hydrogens is 204 g/mol. The first-order chi connectivity index (χ1) is 7.86. The van der Waals surface area contributed by atoms with Gasteiger partial charge in [-0.05, 0) is 19.4 Å². The van der Waals surface area contributed by atoms with Gasteiger partial charge in [0.15, 0.2) is 0 Å². The van der Waals surface area contributed by atoms with Crippen LogP contribution < -0.4 is 10.9 Å². The van der Waals surface area contributed by atoms with Gasteiger partial charge in [0.1, 0.15) is 0 Å². The molecule has 1 saturated heterocycles. The van der Waals surface area contributed by atoms with E-state index in [1.807, 2.05) is 12.4 Å². The van der Waals surface area contributed by atoms with Crippen LogP contribution in [0.3, 0.4) is 0 Å². The van der Waals surface area contributed by atoms with E-state index in [0.717, 1.165) is 25.9 Å². The van der Waals surface area contributed by atoms with Crippen molar-refractivity contribution in [2.75, 3.05) is 13.1 Å². The summed E-state index contributed by atoms with van der Waals surface area (Å²) in [6.45, 7) is 1.92. The first kappa shape index (κ1) is 9.59. The summed E-state index contributed by atoms with van der Waals surface area (Å²) < 4.78 is 3.56. The minimum atomic E-state index is 0.00111. The van der Waals surface area contributed by atoms with E-state index >= 15 is 0 Å². The molecule has 0 aromatic carbocycles. The van der Waals surface area contributed by atoms with Crippen molar-refractivity contribution in [1.82, 2.24) is 19.3 Å². The Kier molecular flexibility index (Phi) is 2.25. The minimum Gasteiger partial charge on any atom is -0.315 e. The summed E-state index contributed by atoms with van der Waals surface area (Å²) in [4.78, 5) is 16.2. The van der Waals surface area contributed by atoms with E-state index in [9.17, 15) is 4.79 Å². The fourth-order valence-corrected chi connectivity index (χ4v) is 2.28. The maximum absolute atomic E-state index is 12.1. The van der Waals surface area contributed by atoms with E-state index < -0.39 is 0 Å². The second-order valence-electron chi connectivity index (χ2n) is 4.17. The zero-order chi connectivity index (χ0) is 11.0. The Morgan fingerprint density at radius 1 is 1.38 bits per heavy atom. The van der Waals surface area contributed by atoms with Gasteiger partial charge in [-0.1, -0.05) is 0 Å². The third-order valence-electron chi connectivity index (χ3n) is 3.15. The van der Waals surface area contributed by atoms with Gasteiger partial charge in [0.05, 0.1) is 0 Å². The van der Waals surface area contributed by atoms with Gasteiger partial charge in [0, 0.05) is 37.4 Å². The lowest BCUT2D eigenvalue weighted by molar-refractivity contribution is 0.364. The molecule has 1 unspecified atom stereocenters. The molecule has 84 valence electrons. The van der Waals surface area contributed by atoms with Gasteiger partial charge in [0.25, 0.3) is 5.56 Å². The number of fused-ring (bicyclic) bond motifs is 1. The van der Waals surface area contributed by atoms with Crippen LogP contribution in [0.2, 0.25) is 0 Å². The van der Waals surface area contributed by atoms with Crippen LogP contribution in [0.4, 0.5) is 0 Å². The molecule has 2 aromatic heterocycles. The van der Waals surface area contributed by atoms with Crippen LogP contribution in [0.15, 0.2) is 29.6 Å². The number of aromatic nitrogens is 3. The number of hydrogen-bond donors (Lipinski definition) is 1. The van der Waals surface area contributed by atoms with E-state index in [4.69, 9.17) is 0 Å². The SMILES string of the molecule is O=c1c2nccn2ccn1C1CCCNC1. The van der Waals surface area contributed by atoms with Crippen LogP contribution in [-0.2, 0) is 0 Å². The molecule has 0 radical (unpaired) electrons. The number of imidazole rings is 1. The van der Waals surface area contributed by atoms with Gasteiger partial charge in [-0.25, -0.2) is 4.98 Å². The summed E-state index contributed by atoms with van der Waals surface area (Å²) in [6, 6.07) is 0.267. The molecule has 3 heterocycles. The molecule has 3 rings (SSSR count). The third kappa shape index (κ3) is 1.44. The van der Waals surface area contributed by atoms with Crippen molar-refractivity contribution in [3.05, 3.63) is 35.1 Å². The largest absolute Gasteiger partial charge is 0.315 e. The van der Waals surface area contributed by atoms with E-state index in [1.54, 1.807) is 21.4 Å². The smallest absolute Gasteiger partial charge is 0.294 e. The molecule has 0 amide bonds. The van der Waals surface area contributed by atoms with Crippen LogP contribution in [-0.4, -0.2) is 27.0 Å². The van der Waals surface area contributed by atoms with E-state index in [2.05, 4.69) is 10.3 Å². The monoisotopic (exact) mass is 218 g/mol. The normalized spacial score (nSPS) is 21.4. The highest BCUT2D eigenvalue weighted by Gasteiger charge is 2.16. The molecule has 2 aromatic rings. The zero-order valence-corrected chi connectivity index (χ0v) is 8.97. The van der Waals surface area contributed by atoms with Crippen LogP contribution in [0, 0.1) is 0 Å². The first-order valence-electron chi connectivity index (χ1n) is 5.61. The number of piperidine rings is 1. The molecule has 0 bridgehead atoms. The lowest BCUT2D eigenvalue weighted by Crippen LogP contribution is -2.36. The maximum Gasteiger partial charge on any atom is 0.294 e. The Bertz CT molecular complexity index is 550. The highest BCUT2D eigenvalue weighted by molar-refractivity contribution is 5.34. The molecule has 1 aliphatic heterocycles. The van der Waals surface area contributed by atoms with Crippen molar-refractivity contribution < 1.29 is 0 Å². The van der Waals surface area contributed by atoms with Crippen LogP contribution >= 0.6 is 0 Å². The van der Waals surface area contributed by atoms with Crippen LogP contribution in [0.5, 0.6) is 0 Å². The fourth-order valence-electron chi connectivity index (χ4n) is 2.28. The molecular formula is C11H14N4O. The molecule has 0 saturated carbocycles. The second kappa shape index (κ2) is 3.75. The predicted molar refractivity (Wildman–Crippen MR) is 60.6 cm³/mol. The number of nitrogens with one attached hydrogen (secondary N) is 1. The number of nitrogens with zero attached hydrogens (tertiary/aromatic N) is 3. The van der Waals surface area contributed by atoms with Crippen molar-refractivity contribution in [3.63, 3.8) is 0 Å². The molecule has 1 fully saturated rings. The summed E-state index contributed by atoms with van der Waals surface area (Å²) in [5.41, 5.74) is 0.509. The zero-order valence-electron chi connectivity index (χ0n) is 8.97. The maximum atomic E-state index is 12.1. The Hall–Kier alpha value is -1.62. The lowest BCUT2D eigenvalue weighted by atomic mass is 10.1. The number of rotatable bonds is 1. The summed E-state index contributed by atoms with van der Waals surface area (Å²) in [5.74, 6) is 0. The van der Waals surface area contributed by atoms with Crippen LogP contribution in [0.1, 0.15) is 18.9 Å². The standard InChI is InChI=1S/C11H14N4O/c16-11-10-13-4-5-14(10)6-7-15(11)9-2-1-3-12-8-9/h4-7,9,12H,1-3,8H2. The first-order valence-corrected chi connectivity index (χ1v) is 5.61. The molecule has 1 aliphatic rings. The molecule has 16 heavy (non-hydrogen) atoms. The van der Waals surface area contributed by atoms with Gasteiger partial charge in [-0.15, -0.1) is 0 Å². The van der Waals surface area contributed by atoms with Gasteiger partial charge < -0.3 is 14.3 Å². The van der Waals surface area contributed by atoms with E-state index in [1.165, 1.54) is 0 Å². The Labute approximate surface area is 92.7 Å². The molecule has 5 heteroatoms. The highest BCUT2D eigenvalue weighted by Crippen LogP contribution is 2.14. The molecule has 0 spiro atoms. The Balaban J connectivity index is 2.09. The average molecular weight is 218 g/mol. The van der Waals surface area contributed by atoms with Crippen LogP contribution in [0.25, 0.3) is 5.65 Å². The van der Waals surface area contributed by atoms with Crippen molar-refractivity contribution >= 4 is 5.65 Å². The lowest BCUT2D eigenvalue weighted by Gasteiger charge is -2.24. The Morgan fingerprint density at radius 3 is 3.12 bits per heavy atom. The summed E-state index contributed by atoms with van der Waals surface area (Å²) >= 11 is 0. The summed E-state index contributed by atoms with van der Waals surface area (Å²) in [7, 11) is 0. The Morgan fingerprint density at radius 2 is 2.31 bits per heavy atom. The van der Waals surface area contributed by atoms with Crippen molar-refractivity contribution in [3.8, 4) is 0 Å². The van der Waals surface area contributed by atoms with Gasteiger partial charge in [-0.3, -0.25) is 4.79 Å². The molecule has 0 aliphatic carbocycles. The summed E-state index contributed by atoms with van der Waals surface area (Å²) in [6.07, 6.45) is 9.37. The van der Waals surface area contributed by atoms with E-state index in [-0.39, 0.29) is 11.6 Å². The van der Waals surface area contributed by atoms with Gasteiger partial charge in [0.2, 0.25) is 5.65 Å². The quantitative estimate of drug-likeness (QED) is 0.754. The third-order valence-corrected chi connectivity index (χ3v) is 3.15. The topological polar surface area (TPSA) is 51.3 Å². The van der Waals surface area contributed by atoms with Crippen molar-refractivity contribution in [1.29, 1.82) is 0 Å². The second-order valence-corrected chi connectivity index (χ2v) is 4.17. The predicted octanol–water partition coefficient (Wildman–Crippen LogP) is 0.420. The molecule has 1 N–H and O–H groups in total.